The van der Waals surface area contributed by atoms with Crippen LogP contribution in [0.15, 0.2) is 82.8 Å². The summed E-state index contributed by atoms with van der Waals surface area (Å²) < 4.78 is 10.6. The van der Waals surface area contributed by atoms with Crippen LogP contribution in [0.1, 0.15) is 16.1 Å². The summed E-state index contributed by atoms with van der Waals surface area (Å²) in [6.07, 6.45) is 2.23. The molecule has 29 heavy (non-hydrogen) atoms. The summed E-state index contributed by atoms with van der Waals surface area (Å²) in [4.78, 5) is 19.4. The number of rotatable bonds is 7. The highest BCUT2D eigenvalue weighted by Crippen LogP contribution is 2.29. The first-order chi connectivity index (χ1) is 14.2. The first-order valence-corrected chi connectivity index (χ1v) is 10.1. The number of hydrogen-bond acceptors (Lipinski definition) is 5. The van der Waals surface area contributed by atoms with Crippen LogP contribution in [0.4, 0.5) is 5.13 Å². The second-order valence-corrected chi connectivity index (χ2v) is 7.25. The Hall–Kier alpha value is -3.38. The monoisotopic (exact) mass is 404 g/mol. The van der Waals surface area contributed by atoms with E-state index in [0.717, 1.165) is 29.0 Å². The van der Waals surface area contributed by atoms with Gasteiger partial charge < -0.3 is 9.15 Å². The van der Waals surface area contributed by atoms with Crippen molar-refractivity contribution in [3.05, 3.63) is 89.7 Å². The zero-order chi connectivity index (χ0) is 20.1. The van der Waals surface area contributed by atoms with Crippen LogP contribution in [0.5, 0.6) is 5.75 Å². The molecule has 0 N–H and O–H groups in total. The van der Waals surface area contributed by atoms with E-state index in [1.165, 1.54) is 17.6 Å². The van der Waals surface area contributed by atoms with Crippen molar-refractivity contribution in [2.45, 2.75) is 6.42 Å². The van der Waals surface area contributed by atoms with Gasteiger partial charge in [0.15, 0.2) is 10.9 Å². The largest absolute Gasteiger partial charge is 0.497 e. The molecule has 0 spiro atoms. The van der Waals surface area contributed by atoms with Gasteiger partial charge in [0.2, 0.25) is 0 Å². The van der Waals surface area contributed by atoms with Crippen LogP contribution in [0.2, 0.25) is 0 Å². The molecule has 0 saturated carbocycles. The molecule has 0 aliphatic carbocycles. The van der Waals surface area contributed by atoms with Crippen molar-refractivity contribution in [3.8, 4) is 17.0 Å². The quantitative estimate of drug-likeness (QED) is 0.419. The Kier molecular flexibility index (Phi) is 5.72. The Morgan fingerprint density at radius 1 is 1.07 bits per heavy atom. The second-order valence-electron chi connectivity index (χ2n) is 6.41. The number of methoxy groups -OCH3 is 1. The van der Waals surface area contributed by atoms with E-state index in [9.17, 15) is 4.79 Å². The number of benzene rings is 2. The van der Waals surface area contributed by atoms with Crippen LogP contribution >= 0.6 is 11.3 Å². The van der Waals surface area contributed by atoms with Crippen molar-refractivity contribution >= 4 is 22.4 Å². The van der Waals surface area contributed by atoms with Crippen LogP contribution in [0.25, 0.3) is 11.3 Å². The fourth-order valence-corrected chi connectivity index (χ4v) is 3.84. The number of carbonyl (C=O) groups is 1. The van der Waals surface area contributed by atoms with E-state index in [4.69, 9.17) is 14.1 Å². The van der Waals surface area contributed by atoms with Crippen LogP contribution in [-0.2, 0) is 6.42 Å². The molecule has 0 fully saturated rings. The third-order valence-electron chi connectivity index (χ3n) is 4.55. The lowest BCUT2D eigenvalue weighted by Crippen LogP contribution is -2.32. The lowest BCUT2D eigenvalue weighted by atomic mass is 10.1. The molecule has 2 aromatic carbocycles. The van der Waals surface area contributed by atoms with Crippen LogP contribution < -0.4 is 9.64 Å². The molecule has 0 aliphatic heterocycles. The highest BCUT2D eigenvalue weighted by Gasteiger charge is 2.23. The van der Waals surface area contributed by atoms with Gasteiger partial charge in [-0.1, -0.05) is 30.3 Å². The van der Waals surface area contributed by atoms with Gasteiger partial charge in [0.25, 0.3) is 5.91 Å². The number of hydrogen-bond donors (Lipinski definition) is 0. The number of anilines is 1. The van der Waals surface area contributed by atoms with Gasteiger partial charge in [-0.15, -0.1) is 11.3 Å². The van der Waals surface area contributed by atoms with E-state index in [-0.39, 0.29) is 5.91 Å². The number of ether oxygens (including phenoxy) is 1. The number of carbonyl (C=O) groups excluding carboxylic acids is 1. The SMILES string of the molecule is COc1ccc(-c2csc(N(CCc3ccccc3)C(=O)c3ccco3)n2)cc1. The Morgan fingerprint density at radius 2 is 1.86 bits per heavy atom. The topological polar surface area (TPSA) is 55.6 Å². The lowest BCUT2D eigenvalue weighted by Gasteiger charge is -2.18. The summed E-state index contributed by atoms with van der Waals surface area (Å²) >= 11 is 1.44. The third kappa shape index (κ3) is 4.38. The van der Waals surface area contributed by atoms with Gasteiger partial charge in [0.05, 0.1) is 19.1 Å². The van der Waals surface area contributed by atoms with Crippen LogP contribution in [0.3, 0.4) is 0 Å². The van der Waals surface area contributed by atoms with Gasteiger partial charge in [-0.2, -0.15) is 0 Å². The molecule has 0 unspecified atom stereocenters. The smallest absolute Gasteiger partial charge is 0.295 e. The molecule has 4 rings (SSSR count). The van der Waals surface area contributed by atoms with Crippen molar-refractivity contribution in [1.82, 2.24) is 4.98 Å². The summed E-state index contributed by atoms with van der Waals surface area (Å²) in [7, 11) is 1.64. The molecule has 0 radical (unpaired) electrons. The molecule has 0 atom stereocenters. The van der Waals surface area contributed by atoms with E-state index in [1.54, 1.807) is 24.1 Å². The van der Waals surface area contributed by atoms with E-state index >= 15 is 0 Å². The second kappa shape index (κ2) is 8.75. The molecule has 0 saturated heterocycles. The molecular weight excluding hydrogens is 384 g/mol. The highest BCUT2D eigenvalue weighted by atomic mass is 32.1. The highest BCUT2D eigenvalue weighted by molar-refractivity contribution is 7.14. The van der Waals surface area contributed by atoms with Crippen molar-refractivity contribution in [2.24, 2.45) is 0 Å². The number of furan rings is 1. The number of amides is 1. The van der Waals surface area contributed by atoms with Gasteiger partial charge in [-0.25, -0.2) is 4.98 Å². The molecule has 2 heterocycles. The van der Waals surface area contributed by atoms with Gasteiger partial charge in [-0.05, 0) is 48.4 Å². The van der Waals surface area contributed by atoms with Gasteiger partial charge in [0, 0.05) is 17.5 Å². The van der Waals surface area contributed by atoms with Gasteiger partial charge in [-0.3, -0.25) is 9.69 Å². The van der Waals surface area contributed by atoms with Crippen molar-refractivity contribution < 1.29 is 13.9 Å². The summed E-state index contributed by atoms with van der Waals surface area (Å²) in [6.45, 7) is 0.513. The number of thiazole rings is 1. The first kappa shape index (κ1) is 19.0. The summed E-state index contributed by atoms with van der Waals surface area (Å²) in [5, 5.41) is 2.61. The summed E-state index contributed by atoms with van der Waals surface area (Å²) in [5.41, 5.74) is 2.96. The molecule has 1 amide bonds. The molecule has 0 aliphatic rings. The van der Waals surface area contributed by atoms with Crippen LogP contribution in [-0.4, -0.2) is 24.5 Å². The zero-order valence-electron chi connectivity index (χ0n) is 15.9. The lowest BCUT2D eigenvalue weighted by molar-refractivity contribution is 0.0960. The van der Waals surface area contributed by atoms with Crippen molar-refractivity contribution in [3.63, 3.8) is 0 Å². The average Bonchev–Trinajstić information content (AvgIpc) is 3.47. The molecule has 146 valence electrons. The third-order valence-corrected chi connectivity index (χ3v) is 5.42. The first-order valence-electron chi connectivity index (χ1n) is 9.24. The molecular formula is C23H20N2O3S. The predicted molar refractivity (Wildman–Crippen MR) is 115 cm³/mol. The van der Waals surface area contributed by atoms with E-state index in [2.05, 4.69) is 12.1 Å². The Morgan fingerprint density at radius 3 is 2.55 bits per heavy atom. The van der Waals surface area contributed by atoms with Crippen molar-refractivity contribution in [1.29, 1.82) is 0 Å². The number of nitrogens with zero attached hydrogens (tertiary/aromatic N) is 2. The van der Waals surface area contributed by atoms with Gasteiger partial charge in [0.1, 0.15) is 5.75 Å². The Labute approximate surface area is 173 Å². The van der Waals surface area contributed by atoms with E-state index < -0.39 is 0 Å². The average molecular weight is 404 g/mol. The Bertz CT molecular complexity index is 1060. The maximum absolute atomic E-state index is 13.0. The molecule has 2 aromatic heterocycles. The standard InChI is InChI=1S/C23H20N2O3S/c1-27-19-11-9-18(10-12-19)20-16-29-23(24-20)25(22(26)21-8-5-15-28-21)14-13-17-6-3-2-4-7-17/h2-12,15-16H,13-14H2,1H3. The van der Waals surface area contributed by atoms with Gasteiger partial charge >= 0.3 is 0 Å². The maximum Gasteiger partial charge on any atom is 0.295 e. The van der Waals surface area contributed by atoms with E-state index in [0.29, 0.717) is 17.4 Å². The minimum absolute atomic E-state index is 0.193. The number of aromatic nitrogens is 1. The zero-order valence-corrected chi connectivity index (χ0v) is 16.8. The molecule has 6 heteroatoms. The minimum Gasteiger partial charge on any atom is -0.497 e. The fourth-order valence-electron chi connectivity index (χ4n) is 2.99. The summed E-state index contributed by atoms with van der Waals surface area (Å²) in [5.74, 6) is 0.905. The summed E-state index contributed by atoms with van der Waals surface area (Å²) in [6, 6.07) is 21.2. The molecule has 5 nitrogen and oxygen atoms in total. The molecule has 0 bridgehead atoms. The Balaban J connectivity index is 1.60. The maximum atomic E-state index is 13.0. The molecule has 4 aromatic rings. The van der Waals surface area contributed by atoms with Crippen LogP contribution in [0, 0.1) is 0 Å². The predicted octanol–water partition coefficient (Wildman–Crippen LogP) is 5.30. The minimum atomic E-state index is -0.193. The van der Waals surface area contributed by atoms with Crippen molar-refractivity contribution in [2.75, 3.05) is 18.6 Å². The van der Waals surface area contributed by atoms with E-state index in [1.807, 2.05) is 47.8 Å². The fraction of sp³-hybridized carbons (Fsp3) is 0.130. The normalized spacial score (nSPS) is 10.7.